The van der Waals surface area contributed by atoms with Crippen LogP contribution in [0.15, 0.2) is 53.6 Å². The van der Waals surface area contributed by atoms with Gasteiger partial charge in [0.1, 0.15) is 0 Å². The Kier molecular flexibility index (Phi) is 14.5. The molecule has 0 heterocycles. The van der Waals surface area contributed by atoms with Crippen molar-refractivity contribution in [3.05, 3.63) is 93.1 Å². The average molecular weight is 484 g/mol. The van der Waals surface area contributed by atoms with Crippen LogP contribution in [0.3, 0.4) is 0 Å². The standard InChI is InChI=1S/C25H29.3ClH.Ti/c1-6-8-21-9-7-10-24(21)25(22-13-17(2)11-18(3)14-22)23-15-19(4)12-20(5)16-23;;;;/h7,11-16,25H,6,8,10H2,1-5H3;3*1H;/q-1;;;;+4/p-3. The van der Waals surface area contributed by atoms with E-state index in [1.165, 1.54) is 50.9 Å². The number of halogens is 3. The summed E-state index contributed by atoms with van der Waals surface area (Å²) in [6, 6.07) is 14.0. The monoisotopic (exact) mass is 482 g/mol. The van der Waals surface area contributed by atoms with Gasteiger partial charge in [-0.15, -0.1) is 0 Å². The van der Waals surface area contributed by atoms with Gasteiger partial charge in [0.2, 0.25) is 0 Å². The molecule has 1 aliphatic carbocycles. The van der Waals surface area contributed by atoms with Crippen molar-refractivity contribution in [2.45, 2.75) is 59.8 Å². The maximum Gasteiger partial charge on any atom is 4.00 e. The summed E-state index contributed by atoms with van der Waals surface area (Å²) in [5, 5.41) is 0. The fourth-order valence-electron chi connectivity index (χ4n) is 4.22. The van der Waals surface area contributed by atoms with Crippen LogP contribution in [-0.4, -0.2) is 0 Å². The molecule has 0 unspecified atom stereocenters. The van der Waals surface area contributed by atoms with E-state index in [0.29, 0.717) is 5.92 Å². The predicted octanol–water partition coefficient (Wildman–Crippen LogP) is -2.08. The van der Waals surface area contributed by atoms with E-state index >= 15 is 0 Å². The summed E-state index contributed by atoms with van der Waals surface area (Å²) in [5.41, 5.74) is 11.2. The van der Waals surface area contributed by atoms with Gasteiger partial charge in [-0.1, -0.05) is 96.0 Å². The molecule has 0 N–H and O–H groups in total. The summed E-state index contributed by atoms with van der Waals surface area (Å²) in [6.07, 6.45) is 9.08. The maximum atomic E-state index is 3.54. The first kappa shape index (κ1) is 30.7. The Balaban J connectivity index is 0. The van der Waals surface area contributed by atoms with Crippen molar-refractivity contribution in [1.82, 2.24) is 0 Å². The molecule has 2 aromatic rings. The Morgan fingerprint density at radius 3 is 1.55 bits per heavy atom. The van der Waals surface area contributed by atoms with Gasteiger partial charge in [0.05, 0.1) is 0 Å². The Labute approximate surface area is 210 Å². The minimum atomic E-state index is 0. The van der Waals surface area contributed by atoms with Crippen molar-refractivity contribution in [2.75, 3.05) is 0 Å². The van der Waals surface area contributed by atoms with E-state index in [1.54, 1.807) is 0 Å². The first-order chi connectivity index (χ1) is 12.0. The number of hydrogen-bond donors (Lipinski definition) is 0. The average Bonchev–Trinajstić information content (AvgIpc) is 2.94. The number of hydrogen-bond acceptors (Lipinski definition) is 0. The molecular formula is C25H29Cl3Ti. The van der Waals surface area contributed by atoms with Gasteiger partial charge >= 0.3 is 21.7 Å². The first-order valence-corrected chi connectivity index (χ1v) is 9.44. The molecule has 4 heteroatoms. The molecule has 2 aromatic carbocycles. The molecule has 0 bridgehead atoms. The Morgan fingerprint density at radius 2 is 1.17 bits per heavy atom. The predicted molar refractivity (Wildman–Crippen MR) is 108 cm³/mol. The molecule has 0 atom stereocenters. The van der Waals surface area contributed by atoms with Gasteiger partial charge in [0.25, 0.3) is 0 Å². The van der Waals surface area contributed by atoms with Crippen molar-refractivity contribution in [2.24, 2.45) is 0 Å². The van der Waals surface area contributed by atoms with Crippen LogP contribution in [0.5, 0.6) is 0 Å². The molecule has 154 valence electrons. The second-order valence-corrected chi connectivity index (χ2v) is 7.58. The van der Waals surface area contributed by atoms with E-state index in [-0.39, 0.29) is 58.9 Å². The van der Waals surface area contributed by atoms with Gasteiger partial charge in [-0.05, 0) is 33.6 Å². The van der Waals surface area contributed by atoms with E-state index in [4.69, 9.17) is 0 Å². The third kappa shape index (κ3) is 7.60. The molecule has 0 spiro atoms. The molecule has 0 amide bonds. The van der Waals surface area contributed by atoms with Gasteiger partial charge in [-0.25, -0.2) is 5.57 Å². The van der Waals surface area contributed by atoms with Crippen molar-refractivity contribution in [3.8, 4) is 0 Å². The van der Waals surface area contributed by atoms with Crippen LogP contribution in [0.1, 0.15) is 65.5 Å². The number of rotatable bonds is 5. The molecule has 0 nitrogen and oxygen atoms in total. The SMILES string of the molecule is CCCC1=C(C(c2cc(C)cc(C)c2)c2cc(C)cc(C)c2)CC=[C-]1.[Cl-].[Cl-].[Cl-].[Ti+4]. The molecule has 0 radical (unpaired) electrons. The zero-order chi connectivity index (χ0) is 18.0. The molecule has 1 aliphatic rings. The zero-order valence-corrected chi connectivity index (χ0v) is 21.7. The molecule has 3 rings (SSSR count). The molecule has 0 saturated carbocycles. The minimum absolute atomic E-state index is 0. The number of allylic oxidation sites excluding steroid dienone is 4. The van der Waals surface area contributed by atoms with Crippen LogP contribution in [0.4, 0.5) is 0 Å². The van der Waals surface area contributed by atoms with Crippen molar-refractivity contribution >= 4 is 0 Å². The molecule has 0 aliphatic heterocycles. The minimum Gasteiger partial charge on any atom is -1.00 e. The maximum absolute atomic E-state index is 3.54. The summed E-state index contributed by atoms with van der Waals surface area (Å²) < 4.78 is 0. The summed E-state index contributed by atoms with van der Waals surface area (Å²) >= 11 is 0. The molecule has 0 aromatic heterocycles. The van der Waals surface area contributed by atoms with Crippen molar-refractivity contribution in [3.63, 3.8) is 0 Å². The van der Waals surface area contributed by atoms with Crippen LogP contribution >= 0.6 is 0 Å². The fourth-order valence-corrected chi connectivity index (χ4v) is 4.22. The normalized spacial score (nSPS) is 12.1. The second kappa shape index (κ2) is 13.7. The second-order valence-electron chi connectivity index (χ2n) is 7.58. The summed E-state index contributed by atoms with van der Waals surface area (Å²) in [5.74, 6) is 0.338. The zero-order valence-electron chi connectivity index (χ0n) is 17.9. The molecule has 0 fully saturated rings. The molecular weight excluding hydrogens is 455 g/mol. The topological polar surface area (TPSA) is 0 Å². The number of aryl methyl sites for hydroxylation is 4. The van der Waals surface area contributed by atoms with Crippen LogP contribution in [-0.2, 0) is 21.7 Å². The van der Waals surface area contributed by atoms with Gasteiger partial charge in [0.15, 0.2) is 0 Å². The third-order valence-electron chi connectivity index (χ3n) is 4.99. The Morgan fingerprint density at radius 1 is 0.759 bits per heavy atom. The summed E-state index contributed by atoms with van der Waals surface area (Å²) in [6.45, 7) is 11.1. The smallest absolute Gasteiger partial charge is 1.00 e. The molecule has 29 heavy (non-hydrogen) atoms. The van der Waals surface area contributed by atoms with E-state index in [0.717, 1.165) is 12.8 Å². The Hall–Kier alpha value is -0.496. The van der Waals surface area contributed by atoms with Gasteiger partial charge in [-0.2, -0.15) is 11.6 Å². The van der Waals surface area contributed by atoms with E-state index in [1.807, 2.05) is 0 Å². The fraction of sp³-hybridized carbons (Fsp3) is 0.360. The van der Waals surface area contributed by atoms with E-state index in [9.17, 15) is 0 Å². The van der Waals surface area contributed by atoms with Gasteiger partial charge in [-0.3, -0.25) is 6.08 Å². The van der Waals surface area contributed by atoms with Crippen LogP contribution in [0, 0.1) is 33.8 Å². The van der Waals surface area contributed by atoms with Crippen molar-refractivity contribution in [1.29, 1.82) is 0 Å². The third-order valence-corrected chi connectivity index (χ3v) is 4.99. The van der Waals surface area contributed by atoms with E-state index in [2.05, 4.69) is 83.2 Å². The summed E-state index contributed by atoms with van der Waals surface area (Å²) in [4.78, 5) is 0. The van der Waals surface area contributed by atoms with Gasteiger partial charge in [0, 0.05) is 0 Å². The quantitative estimate of drug-likeness (QED) is 0.339. The first-order valence-electron chi connectivity index (χ1n) is 9.44. The Bertz CT molecular complexity index is 761. The van der Waals surface area contributed by atoms with Gasteiger partial charge < -0.3 is 37.2 Å². The van der Waals surface area contributed by atoms with Crippen LogP contribution in [0.2, 0.25) is 0 Å². The van der Waals surface area contributed by atoms with Crippen LogP contribution < -0.4 is 37.2 Å². The number of benzene rings is 2. The summed E-state index contributed by atoms with van der Waals surface area (Å²) in [7, 11) is 0. The van der Waals surface area contributed by atoms with E-state index < -0.39 is 0 Å². The largest absolute Gasteiger partial charge is 4.00 e. The van der Waals surface area contributed by atoms with Crippen molar-refractivity contribution < 1.29 is 58.9 Å². The molecule has 0 saturated heterocycles. The van der Waals surface area contributed by atoms with Crippen LogP contribution in [0.25, 0.3) is 0 Å².